The van der Waals surface area contributed by atoms with Gasteiger partial charge in [-0.15, -0.1) is 0 Å². The monoisotopic (exact) mass is 524 g/mol. The van der Waals surface area contributed by atoms with E-state index in [-0.39, 0.29) is 11.5 Å². The van der Waals surface area contributed by atoms with E-state index in [2.05, 4.69) is 44.3 Å². The normalized spacial score (nSPS) is 11.3. The van der Waals surface area contributed by atoms with Gasteiger partial charge in [0.1, 0.15) is 12.4 Å². The van der Waals surface area contributed by atoms with Gasteiger partial charge in [-0.05, 0) is 62.0 Å². The molecule has 0 aliphatic carbocycles. The number of carbonyl (C=O) groups excluding carboxylic acids is 1. The molecule has 0 unspecified atom stereocenters. The zero-order chi connectivity index (χ0) is 27.4. The van der Waals surface area contributed by atoms with Crippen LogP contribution in [0, 0.1) is 0 Å². The van der Waals surface area contributed by atoms with Gasteiger partial charge >= 0.3 is 0 Å². The third kappa shape index (κ3) is 6.27. The number of fused-ring (bicyclic) bond motifs is 1. The summed E-state index contributed by atoms with van der Waals surface area (Å²) >= 11 is 0. The molecule has 0 spiro atoms. The Morgan fingerprint density at radius 2 is 1.95 bits per heavy atom. The zero-order valence-corrected chi connectivity index (χ0v) is 22.3. The van der Waals surface area contributed by atoms with Crippen LogP contribution < -0.4 is 15.6 Å². The van der Waals surface area contributed by atoms with Crippen molar-refractivity contribution in [2.24, 2.45) is 0 Å². The Bertz CT molecular complexity index is 1660. The van der Waals surface area contributed by atoms with Crippen molar-refractivity contribution in [3.63, 3.8) is 0 Å². The summed E-state index contributed by atoms with van der Waals surface area (Å²) in [6, 6.07) is 17.7. The van der Waals surface area contributed by atoms with Crippen molar-refractivity contribution in [2.45, 2.75) is 19.9 Å². The molecule has 0 aliphatic rings. The highest BCUT2D eigenvalue weighted by Crippen LogP contribution is 2.26. The number of aromatic amines is 2. The minimum absolute atomic E-state index is 0.260. The molecule has 200 valence electrons. The second kappa shape index (κ2) is 11.4. The van der Waals surface area contributed by atoms with E-state index in [0.29, 0.717) is 35.7 Å². The summed E-state index contributed by atoms with van der Waals surface area (Å²) in [5.41, 5.74) is 4.99. The SMILES string of the molecule is CCc1cccc(Cn2cc(C(=O)Nc3c[nH]c(=O)c(-c4cc5cc(OCCN(C)C)ccc5[nH]4)c3)cn2)c1. The predicted molar refractivity (Wildman–Crippen MR) is 154 cm³/mol. The number of aromatic nitrogens is 4. The Morgan fingerprint density at radius 3 is 2.77 bits per heavy atom. The van der Waals surface area contributed by atoms with Crippen molar-refractivity contribution in [1.82, 2.24) is 24.6 Å². The van der Waals surface area contributed by atoms with E-state index >= 15 is 0 Å². The lowest BCUT2D eigenvalue weighted by molar-refractivity contribution is 0.102. The summed E-state index contributed by atoms with van der Waals surface area (Å²) in [4.78, 5) is 33.7. The summed E-state index contributed by atoms with van der Waals surface area (Å²) in [7, 11) is 4.00. The van der Waals surface area contributed by atoms with Gasteiger partial charge in [-0.25, -0.2) is 0 Å². The summed E-state index contributed by atoms with van der Waals surface area (Å²) in [5.74, 6) is 0.459. The Kier molecular flexibility index (Phi) is 7.60. The highest BCUT2D eigenvalue weighted by molar-refractivity contribution is 6.04. The maximum absolute atomic E-state index is 12.9. The molecule has 1 amide bonds. The molecule has 3 heterocycles. The van der Waals surface area contributed by atoms with E-state index in [1.54, 1.807) is 23.1 Å². The quantitative estimate of drug-likeness (QED) is 0.249. The Morgan fingerprint density at radius 1 is 1.10 bits per heavy atom. The Balaban J connectivity index is 1.30. The molecule has 39 heavy (non-hydrogen) atoms. The number of H-pyrrole nitrogens is 2. The van der Waals surface area contributed by atoms with Crippen LogP contribution in [0.25, 0.3) is 22.2 Å². The van der Waals surface area contributed by atoms with Crippen LogP contribution in [0.15, 0.2) is 78.0 Å². The molecule has 0 fully saturated rings. The lowest BCUT2D eigenvalue weighted by Crippen LogP contribution is -2.19. The number of pyridine rings is 1. The van der Waals surface area contributed by atoms with Gasteiger partial charge in [-0.1, -0.05) is 31.2 Å². The number of nitrogens with zero attached hydrogens (tertiary/aromatic N) is 3. The summed E-state index contributed by atoms with van der Waals surface area (Å²) in [5, 5.41) is 8.14. The maximum atomic E-state index is 12.9. The summed E-state index contributed by atoms with van der Waals surface area (Å²) < 4.78 is 7.58. The van der Waals surface area contributed by atoms with E-state index in [1.165, 1.54) is 11.8 Å². The summed E-state index contributed by atoms with van der Waals surface area (Å²) in [6.07, 6.45) is 5.72. The first-order valence-electron chi connectivity index (χ1n) is 12.9. The van der Waals surface area contributed by atoms with Gasteiger partial charge in [0.2, 0.25) is 0 Å². The highest BCUT2D eigenvalue weighted by atomic mass is 16.5. The number of amides is 1. The van der Waals surface area contributed by atoms with E-state index < -0.39 is 0 Å². The Hall–Kier alpha value is -4.63. The molecule has 0 aliphatic heterocycles. The fourth-order valence-corrected chi connectivity index (χ4v) is 4.35. The van der Waals surface area contributed by atoms with Crippen LogP contribution >= 0.6 is 0 Å². The molecule has 3 N–H and O–H groups in total. The lowest BCUT2D eigenvalue weighted by Gasteiger charge is -2.10. The minimum Gasteiger partial charge on any atom is -0.492 e. The number of nitrogens with one attached hydrogen (secondary N) is 3. The van der Waals surface area contributed by atoms with Crippen LogP contribution in [0.4, 0.5) is 5.69 Å². The topological polar surface area (TPSA) is 108 Å². The van der Waals surface area contributed by atoms with Crippen LogP contribution in [-0.4, -0.2) is 57.8 Å². The van der Waals surface area contributed by atoms with Crippen LogP contribution in [0.5, 0.6) is 5.75 Å². The van der Waals surface area contributed by atoms with Gasteiger partial charge < -0.3 is 24.9 Å². The summed E-state index contributed by atoms with van der Waals surface area (Å²) in [6.45, 7) is 4.10. The number of anilines is 1. The molecule has 9 heteroatoms. The van der Waals surface area contributed by atoms with Crippen LogP contribution in [0.3, 0.4) is 0 Å². The maximum Gasteiger partial charge on any atom is 0.258 e. The number of rotatable bonds is 10. The van der Waals surface area contributed by atoms with Gasteiger partial charge in [-0.2, -0.15) is 5.10 Å². The average Bonchev–Trinajstić information content (AvgIpc) is 3.56. The molecule has 5 aromatic rings. The molecule has 0 bridgehead atoms. The van der Waals surface area contributed by atoms with Crippen molar-refractivity contribution in [2.75, 3.05) is 32.6 Å². The van der Waals surface area contributed by atoms with Gasteiger partial charge in [0.05, 0.1) is 35.2 Å². The molecule has 3 aromatic heterocycles. The molecule has 0 saturated carbocycles. The first kappa shape index (κ1) is 26.0. The number of hydrogen-bond donors (Lipinski definition) is 3. The molecular formula is C30H32N6O3. The third-order valence-electron chi connectivity index (χ3n) is 6.49. The van der Waals surface area contributed by atoms with E-state index in [4.69, 9.17) is 4.74 Å². The molecule has 9 nitrogen and oxygen atoms in total. The van der Waals surface area contributed by atoms with Gasteiger partial charge in [0.25, 0.3) is 11.5 Å². The standard InChI is InChI=1S/C30H32N6O3/c1-4-20-6-5-7-21(12-20)18-36-19-23(16-32-36)29(37)33-24-15-26(30(38)31-17-24)28-14-22-13-25(8-9-27(22)34-28)39-11-10-35(2)3/h5-9,12-17,19,34H,4,10-11,18H2,1-3H3,(H,31,38)(H,33,37). The average molecular weight is 525 g/mol. The number of hydrogen-bond acceptors (Lipinski definition) is 5. The van der Waals surface area contributed by atoms with Crippen LogP contribution in [-0.2, 0) is 13.0 Å². The van der Waals surface area contributed by atoms with Crippen molar-refractivity contribution < 1.29 is 9.53 Å². The zero-order valence-electron chi connectivity index (χ0n) is 22.3. The fraction of sp³-hybridized carbons (Fsp3) is 0.233. The molecule has 0 atom stereocenters. The van der Waals surface area contributed by atoms with Gasteiger partial charge in [-0.3, -0.25) is 14.3 Å². The first-order chi connectivity index (χ1) is 18.9. The smallest absolute Gasteiger partial charge is 0.258 e. The van der Waals surface area contributed by atoms with Crippen LogP contribution in [0.2, 0.25) is 0 Å². The van der Waals surface area contributed by atoms with Gasteiger partial charge in [0.15, 0.2) is 0 Å². The first-order valence-corrected chi connectivity index (χ1v) is 12.9. The third-order valence-corrected chi connectivity index (χ3v) is 6.49. The van der Waals surface area contributed by atoms with Crippen LogP contribution in [0.1, 0.15) is 28.4 Å². The minimum atomic E-state index is -0.308. The second-order valence-corrected chi connectivity index (χ2v) is 9.77. The van der Waals surface area contributed by atoms with E-state index in [1.807, 2.05) is 50.5 Å². The van der Waals surface area contributed by atoms with Crippen molar-refractivity contribution >= 4 is 22.5 Å². The van der Waals surface area contributed by atoms with E-state index in [0.717, 1.165) is 35.2 Å². The van der Waals surface area contributed by atoms with Crippen molar-refractivity contribution in [3.8, 4) is 17.0 Å². The molecule has 0 radical (unpaired) electrons. The highest BCUT2D eigenvalue weighted by Gasteiger charge is 2.13. The molecule has 2 aromatic carbocycles. The number of carbonyl (C=O) groups is 1. The Labute approximate surface area is 226 Å². The number of aryl methyl sites for hydroxylation is 1. The largest absolute Gasteiger partial charge is 0.492 e. The molecule has 5 rings (SSSR count). The number of benzene rings is 2. The molecule has 0 saturated heterocycles. The predicted octanol–water partition coefficient (Wildman–Crippen LogP) is 4.52. The van der Waals surface area contributed by atoms with Crippen molar-refractivity contribution in [1.29, 1.82) is 0 Å². The number of ether oxygens (including phenoxy) is 1. The van der Waals surface area contributed by atoms with E-state index in [9.17, 15) is 9.59 Å². The fourth-order valence-electron chi connectivity index (χ4n) is 4.35. The lowest BCUT2D eigenvalue weighted by atomic mass is 10.1. The van der Waals surface area contributed by atoms with Crippen molar-refractivity contribution in [3.05, 3.63) is 100 Å². The second-order valence-electron chi connectivity index (χ2n) is 9.77. The molecular weight excluding hydrogens is 492 g/mol. The number of likely N-dealkylation sites (N-methyl/N-ethyl adjacent to an activating group) is 1. The van der Waals surface area contributed by atoms with Gasteiger partial charge in [0, 0.05) is 29.8 Å².